The Bertz CT molecular complexity index is 233. The van der Waals surface area contributed by atoms with Crippen molar-refractivity contribution in [3.05, 3.63) is 12.2 Å². The van der Waals surface area contributed by atoms with E-state index >= 15 is 0 Å². The molecule has 2 fully saturated rings. The van der Waals surface area contributed by atoms with Crippen molar-refractivity contribution < 1.29 is 8.85 Å². The van der Waals surface area contributed by atoms with Gasteiger partial charge in [-0.05, 0) is 49.5 Å². The first-order valence-electron chi connectivity index (χ1n) is 7.07. The zero-order chi connectivity index (χ0) is 12.1. The number of hydrogen-bond donors (Lipinski definition) is 0. The molecule has 0 aromatic carbocycles. The van der Waals surface area contributed by atoms with E-state index in [1.807, 2.05) is 0 Å². The minimum Gasteiger partial charge on any atom is -0.400 e. The van der Waals surface area contributed by atoms with Crippen LogP contribution in [-0.2, 0) is 8.85 Å². The van der Waals surface area contributed by atoms with E-state index in [2.05, 4.69) is 12.2 Å². The minimum atomic E-state index is -1.24. The van der Waals surface area contributed by atoms with Crippen LogP contribution in [0.5, 0.6) is 0 Å². The molecule has 2 unspecified atom stereocenters. The lowest BCUT2D eigenvalue weighted by Crippen LogP contribution is -2.24. The number of fused-ring (bicyclic) bond motifs is 2. The first-order valence-corrected chi connectivity index (χ1v) is 8.68. The van der Waals surface area contributed by atoms with E-state index in [0.29, 0.717) is 0 Å². The van der Waals surface area contributed by atoms with Gasteiger partial charge in [0.25, 0.3) is 0 Å². The molecular formula is C14H26O2Si. The molecule has 3 rings (SSSR count). The Kier molecular flexibility index (Phi) is 5.26. The summed E-state index contributed by atoms with van der Waals surface area (Å²) in [6.07, 6.45) is 14.6. The molecule has 2 nitrogen and oxygen atoms in total. The third-order valence-electron chi connectivity index (χ3n) is 4.42. The number of hydrogen-bond acceptors (Lipinski definition) is 2. The molecule has 0 saturated heterocycles. The molecule has 0 aliphatic heterocycles. The summed E-state index contributed by atoms with van der Waals surface area (Å²) in [4.78, 5) is 0. The molecule has 3 aliphatic rings. The quantitative estimate of drug-likeness (QED) is 0.567. The van der Waals surface area contributed by atoms with E-state index in [4.69, 9.17) is 8.85 Å². The molecule has 3 heteroatoms. The van der Waals surface area contributed by atoms with Crippen LogP contribution < -0.4 is 0 Å². The predicted molar refractivity (Wildman–Crippen MR) is 73.4 cm³/mol. The van der Waals surface area contributed by atoms with Gasteiger partial charge in [-0.25, -0.2) is 0 Å². The second-order valence-corrected chi connectivity index (χ2v) is 8.22. The zero-order valence-electron chi connectivity index (χ0n) is 11.2. The highest BCUT2D eigenvalue weighted by molar-refractivity contribution is 6.46. The average molecular weight is 254 g/mol. The average Bonchev–Trinajstić information content (AvgIpc) is 3.10. The van der Waals surface area contributed by atoms with E-state index in [-0.39, 0.29) is 0 Å². The predicted octanol–water partition coefficient (Wildman–Crippen LogP) is 3.42. The van der Waals surface area contributed by atoms with Gasteiger partial charge in [0.15, 0.2) is 0 Å². The van der Waals surface area contributed by atoms with Gasteiger partial charge in [0.05, 0.1) is 0 Å². The van der Waals surface area contributed by atoms with E-state index in [0.717, 1.165) is 17.4 Å². The van der Waals surface area contributed by atoms with Crippen molar-refractivity contribution in [1.29, 1.82) is 0 Å². The van der Waals surface area contributed by atoms with Crippen molar-refractivity contribution >= 4 is 9.28 Å². The van der Waals surface area contributed by atoms with Gasteiger partial charge in [0.2, 0.25) is 0 Å². The maximum atomic E-state index is 5.30. The van der Waals surface area contributed by atoms with Gasteiger partial charge < -0.3 is 8.85 Å². The zero-order valence-corrected chi connectivity index (χ0v) is 12.4. The molecule has 0 aromatic rings. The first kappa shape index (κ1) is 13.3. The summed E-state index contributed by atoms with van der Waals surface area (Å²) in [5, 5.41) is 0. The van der Waals surface area contributed by atoms with Crippen LogP contribution >= 0.6 is 0 Å². The van der Waals surface area contributed by atoms with Crippen LogP contribution in [0.2, 0.25) is 5.54 Å². The maximum Gasteiger partial charge on any atom is 0.324 e. The molecule has 2 atom stereocenters. The lowest BCUT2D eigenvalue weighted by atomic mass is 10.1. The van der Waals surface area contributed by atoms with Gasteiger partial charge in [0.1, 0.15) is 0 Å². The summed E-state index contributed by atoms with van der Waals surface area (Å²) in [6, 6.07) is 0. The molecular weight excluding hydrogens is 228 g/mol. The van der Waals surface area contributed by atoms with Gasteiger partial charge in [-0.1, -0.05) is 25.0 Å². The lowest BCUT2D eigenvalue weighted by molar-refractivity contribution is 0.265. The van der Waals surface area contributed by atoms with Crippen LogP contribution in [0.3, 0.4) is 0 Å². The summed E-state index contributed by atoms with van der Waals surface area (Å²) in [5.41, 5.74) is 0.787. The van der Waals surface area contributed by atoms with Crippen molar-refractivity contribution in [2.24, 2.45) is 11.8 Å². The number of allylic oxidation sites excluding steroid dienone is 2. The highest BCUT2D eigenvalue weighted by atomic mass is 28.3. The Morgan fingerprint density at radius 1 is 0.882 bits per heavy atom. The summed E-state index contributed by atoms with van der Waals surface area (Å²) in [6.45, 7) is 0. The lowest BCUT2D eigenvalue weighted by Gasteiger charge is -2.16. The van der Waals surface area contributed by atoms with Gasteiger partial charge in [-0.3, -0.25) is 0 Å². The second-order valence-electron chi connectivity index (χ2n) is 5.60. The molecule has 17 heavy (non-hydrogen) atoms. The van der Waals surface area contributed by atoms with Crippen LogP contribution in [-0.4, -0.2) is 23.5 Å². The van der Waals surface area contributed by atoms with Gasteiger partial charge >= 0.3 is 9.28 Å². The van der Waals surface area contributed by atoms with E-state index in [9.17, 15) is 0 Å². The molecule has 0 radical (unpaired) electrons. The minimum absolute atomic E-state index is 0.787. The van der Waals surface area contributed by atoms with E-state index in [1.165, 1.54) is 44.9 Å². The Morgan fingerprint density at radius 3 is 1.71 bits per heavy atom. The fraction of sp³-hybridized carbons (Fsp3) is 0.857. The first-order chi connectivity index (χ1) is 8.33. The van der Waals surface area contributed by atoms with Crippen LogP contribution in [0, 0.1) is 11.8 Å². The van der Waals surface area contributed by atoms with Crippen LogP contribution in [0.15, 0.2) is 12.2 Å². The van der Waals surface area contributed by atoms with Crippen molar-refractivity contribution in [3.63, 3.8) is 0 Å². The van der Waals surface area contributed by atoms with Crippen LogP contribution in [0.25, 0.3) is 0 Å². The summed E-state index contributed by atoms with van der Waals surface area (Å²) in [5.74, 6) is 1.98. The topological polar surface area (TPSA) is 18.5 Å². The summed E-state index contributed by atoms with van der Waals surface area (Å²) >= 11 is 0. The molecule has 98 valence electrons. The second kappa shape index (κ2) is 6.71. The normalized spacial score (nSPS) is 31.0. The molecule has 0 spiro atoms. The largest absolute Gasteiger partial charge is 0.400 e. The van der Waals surface area contributed by atoms with Crippen LogP contribution in [0.4, 0.5) is 0 Å². The smallest absolute Gasteiger partial charge is 0.324 e. The van der Waals surface area contributed by atoms with Crippen molar-refractivity contribution in [2.45, 2.75) is 50.5 Å². The molecule has 0 amide bonds. The molecule has 0 aromatic heterocycles. The Morgan fingerprint density at radius 2 is 1.41 bits per heavy atom. The molecule has 0 N–H and O–H groups in total. The van der Waals surface area contributed by atoms with Gasteiger partial charge in [-0.15, -0.1) is 0 Å². The third kappa shape index (κ3) is 3.67. The highest BCUT2D eigenvalue weighted by Gasteiger charge is 2.27. The Hall–Kier alpha value is -0.123. The molecule has 2 bridgehead atoms. The molecule has 0 heterocycles. The summed E-state index contributed by atoms with van der Waals surface area (Å²) in [7, 11) is 2.31. The van der Waals surface area contributed by atoms with Crippen molar-refractivity contribution in [1.82, 2.24) is 0 Å². The van der Waals surface area contributed by atoms with Crippen molar-refractivity contribution in [2.75, 3.05) is 14.2 Å². The Labute approximate surface area is 107 Å². The molecule has 3 aliphatic carbocycles. The standard InChI is InChI=1S/C7H16O2Si.C7H10/c1-8-10(9-2)7-5-3-4-6-7;1-2-7-4-3-6(1)5-7/h7,10H,3-6H2,1-2H3;1-2,6-7H,3-5H2. The SMILES string of the molecule is C1=CC2CCC1C2.CO[SiH](OC)C1CCCC1. The van der Waals surface area contributed by atoms with Gasteiger partial charge in [0, 0.05) is 14.2 Å². The van der Waals surface area contributed by atoms with E-state index in [1.54, 1.807) is 14.2 Å². The maximum absolute atomic E-state index is 5.30. The fourth-order valence-corrected chi connectivity index (χ4v) is 5.41. The monoisotopic (exact) mass is 254 g/mol. The fourth-order valence-electron chi connectivity index (χ4n) is 3.43. The summed E-state index contributed by atoms with van der Waals surface area (Å²) < 4.78 is 10.6. The Balaban J connectivity index is 0.000000134. The highest BCUT2D eigenvalue weighted by Crippen LogP contribution is 2.38. The van der Waals surface area contributed by atoms with Crippen LogP contribution in [0.1, 0.15) is 44.9 Å². The van der Waals surface area contributed by atoms with E-state index < -0.39 is 9.28 Å². The number of rotatable bonds is 3. The third-order valence-corrected chi connectivity index (χ3v) is 6.78. The van der Waals surface area contributed by atoms with Gasteiger partial charge in [-0.2, -0.15) is 0 Å². The van der Waals surface area contributed by atoms with Crippen molar-refractivity contribution in [3.8, 4) is 0 Å². The molecule has 2 saturated carbocycles.